The molecule has 0 radical (unpaired) electrons. The van der Waals surface area contributed by atoms with Crippen molar-refractivity contribution in [2.75, 3.05) is 31.2 Å². The maximum Gasteiger partial charge on any atom is 0.238 e. The van der Waals surface area contributed by atoms with Crippen molar-refractivity contribution in [3.63, 3.8) is 0 Å². The van der Waals surface area contributed by atoms with Crippen LogP contribution in [0.1, 0.15) is 38.5 Å². The molecule has 0 heterocycles. The van der Waals surface area contributed by atoms with Gasteiger partial charge in [-0.15, -0.1) is 11.8 Å². The minimum Gasteiger partial charge on any atom is -0.324 e. The Balaban J connectivity index is 1.33. The Morgan fingerprint density at radius 2 is 1.85 bits per heavy atom. The van der Waals surface area contributed by atoms with Gasteiger partial charge in [-0.05, 0) is 80.9 Å². The van der Waals surface area contributed by atoms with Gasteiger partial charge in [0.15, 0.2) is 0 Å². The predicted octanol–water partition coefficient (Wildman–Crippen LogP) is 4.39. The number of likely N-dealkylation sites (N-methyl/N-ethyl adjacent to an activating group) is 1. The van der Waals surface area contributed by atoms with Gasteiger partial charge in [-0.3, -0.25) is 9.69 Å². The van der Waals surface area contributed by atoms with E-state index >= 15 is 0 Å². The standard InChI is InChI=1S/C22H29N3OS/c1-25(15-22-11-16-8-17(12-22)10-18(9-16)13-22)14-21(26)24-19-4-2-3-5-20(19)27-7-6-23/h2-5,16-18H,7-15H2,1H3,(H,24,26). The first kappa shape index (κ1) is 18.8. The van der Waals surface area contributed by atoms with E-state index in [0.29, 0.717) is 17.7 Å². The van der Waals surface area contributed by atoms with Gasteiger partial charge < -0.3 is 5.32 Å². The van der Waals surface area contributed by atoms with E-state index in [0.717, 1.165) is 34.9 Å². The third-order valence-corrected chi connectivity index (χ3v) is 7.58. The molecule has 144 valence electrons. The van der Waals surface area contributed by atoms with Crippen LogP contribution < -0.4 is 5.32 Å². The third-order valence-electron chi connectivity index (χ3n) is 6.64. The van der Waals surface area contributed by atoms with Crippen LogP contribution in [0.3, 0.4) is 0 Å². The molecule has 0 spiro atoms. The van der Waals surface area contributed by atoms with Crippen LogP contribution >= 0.6 is 11.8 Å². The van der Waals surface area contributed by atoms with Gasteiger partial charge >= 0.3 is 0 Å². The van der Waals surface area contributed by atoms with Crippen LogP contribution in [-0.2, 0) is 4.79 Å². The largest absolute Gasteiger partial charge is 0.324 e. The van der Waals surface area contributed by atoms with Crippen molar-refractivity contribution in [3.8, 4) is 6.07 Å². The van der Waals surface area contributed by atoms with Gasteiger partial charge in [0.05, 0.1) is 24.1 Å². The summed E-state index contributed by atoms with van der Waals surface area (Å²) >= 11 is 1.46. The Kier molecular flexibility index (Phi) is 5.48. The molecule has 1 N–H and O–H groups in total. The normalized spacial score (nSPS) is 31.1. The SMILES string of the molecule is CN(CC(=O)Nc1ccccc1SCC#N)CC12CC3CC(CC(C3)C1)C2. The van der Waals surface area contributed by atoms with Crippen LogP contribution in [0.4, 0.5) is 5.69 Å². The fourth-order valence-corrected chi connectivity index (χ4v) is 7.02. The minimum atomic E-state index is 0.0345. The van der Waals surface area contributed by atoms with E-state index in [2.05, 4.69) is 23.3 Å². The molecule has 0 aromatic heterocycles. The highest BCUT2D eigenvalue weighted by Gasteiger charge is 2.51. The number of anilines is 1. The number of para-hydroxylation sites is 1. The lowest BCUT2D eigenvalue weighted by atomic mass is 9.49. The highest BCUT2D eigenvalue weighted by molar-refractivity contribution is 7.99. The van der Waals surface area contributed by atoms with Crippen LogP contribution in [0.25, 0.3) is 0 Å². The van der Waals surface area contributed by atoms with E-state index < -0.39 is 0 Å². The summed E-state index contributed by atoms with van der Waals surface area (Å²) in [5, 5.41) is 11.9. The van der Waals surface area contributed by atoms with E-state index in [1.807, 2.05) is 24.3 Å². The molecular weight excluding hydrogens is 354 g/mol. The van der Waals surface area contributed by atoms with Gasteiger partial charge in [-0.1, -0.05) is 12.1 Å². The summed E-state index contributed by atoms with van der Waals surface area (Å²) in [5.74, 6) is 3.26. The first-order valence-electron chi connectivity index (χ1n) is 10.1. The molecule has 5 rings (SSSR count). The first-order valence-corrected chi connectivity index (χ1v) is 11.1. The number of amides is 1. The molecule has 27 heavy (non-hydrogen) atoms. The molecule has 1 aromatic rings. The van der Waals surface area contributed by atoms with Crippen molar-refractivity contribution < 1.29 is 4.79 Å². The summed E-state index contributed by atoms with van der Waals surface area (Å²) in [5.41, 5.74) is 1.27. The van der Waals surface area contributed by atoms with E-state index in [1.54, 1.807) is 0 Å². The summed E-state index contributed by atoms with van der Waals surface area (Å²) in [7, 11) is 2.09. The lowest BCUT2D eigenvalue weighted by Crippen LogP contribution is -2.51. The second-order valence-electron chi connectivity index (χ2n) is 9.08. The van der Waals surface area contributed by atoms with Crippen molar-refractivity contribution >= 4 is 23.4 Å². The van der Waals surface area contributed by atoms with Crippen LogP contribution in [0.2, 0.25) is 0 Å². The number of benzene rings is 1. The molecule has 5 heteroatoms. The molecular formula is C22H29N3OS. The highest BCUT2D eigenvalue weighted by Crippen LogP contribution is 2.60. The molecule has 4 fully saturated rings. The molecule has 0 aliphatic heterocycles. The Bertz CT molecular complexity index is 706. The van der Waals surface area contributed by atoms with Crippen molar-refractivity contribution in [1.82, 2.24) is 4.90 Å². The molecule has 0 saturated heterocycles. The Hall–Kier alpha value is -1.51. The summed E-state index contributed by atoms with van der Waals surface area (Å²) in [4.78, 5) is 15.8. The zero-order chi connectivity index (χ0) is 18.9. The zero-order valence-corrected chi connectivity index (χ0v) is 16.9. The van der Waals surface area contributed by atoms with Crippen LogP contribution in [0.15, 0.2) is 29.2 Å². The van der Waals surface area contributed by atoms with Gasteiger partial charge in [0.1, 0.15) is 0 Å². The smallest absolute Gasteiger partial charge is 0.238 e. The van der Waals surface area contributed by atoms with Gasteiger partial charge in [0.25, 0.3) is 0 Å². The first-order chi connectivity index (χ1) is 13.0. The average molecular weight is 384 g/mol. The van der Waals surface area contributed by atoms with Gasteiger partial charge in [-0.25, -0.2) is 0 Å². The molecule has 4 aliphatic rings. The second-order valence-corrected chi connectivity index (χ2v) is 10.1. The number of carbonyl (C=O) groups is 1. The van der Waals surface area contributed by atoms with Crippen molar-refractivity contribution in [2.45, 2.75) is 43.4 Å². The maximum absolute atomic E-state index is 12.6. The lowest BCUT2D eigenvalue weighted by molar-refractivity contribution is -0.118. The van der Waals surface area contributed by atoms with Crippen molar-refractivity contribution in [2.24, 2.45) is 23.2 Å². The zero-order valence-electron chi connectivity index (χ0n) is 16.1. The molecule has 0 atom stereocenters. The van der Waals surface area contributed by atoms with Crippen LogP contribution in [-0.4, -0.2) is 36.7 Å². The molecule has 4 aliphatic carbocycles. The Morgan fingerprint density at radius 3 is 2.48 bits per heavy atom. The van der Waals surface area contributed by atoms with Gasteiger partial charge in [-0.2, -0.15) is 5.26 Å². The lowest BCUT2D eigenvalue weighted by Gasteiger charge is -2.57. The second kappa shape index (κ2) is 7.85. The molecule has 1 aromatic carbocycles. The number of carbonyl (C=O) groups excluding carboxylic acids is 1. The third kappa shape index (κ3) is 4.33. The molecule has 4 nitrogen and oxygen atoms in total. The number of rotatable bonds is 7. The Morgan fingerprint density at radius 1 is 1.22 bits per heavy atom. The van der Waals surface area contributed by atoms with E-state index in [9.17, 15) is 4.79 Å². The number of hydrogen-bond acceptors (Lipinski definition) is 4. The predicted molar refractivity (Wildman–Crippen MR) is 110 cm³/mol. The maximum atomic E-state index is 12.6. The average Bonchev–Trinajstić information content (AvgIpc) is 2.59. The van der Waals surface area contributed by atoms with Crippen LogP contribution in [0.5, 0.6) is 0 Å². The van der Waals surface area contributed by atoms with Crippen molar-refractivity contribution in [3.05, 3.63) is 24.3 Å². The summed E-state index contributed by atoms with van der Waals surface area (Å²) < 4.78 is 0. The summed E-state index contributed by atoms with van der Waals surface area (Å²) in [6.07, 6.45) is 8.50. The van der Waals surface area contributed by atoms with E-state index in [4.69, 9.17) is 5.26 Å². The molecule has 0 unspecified atom stereocenters. The van der Waals surface area contributed by atoms with E-state index in [-0.39, 0.29) is 5.91 Å². The number of thioether (sulfide) groups is 1. The monoisotopic (exact) mass is 383 g/mol. The molecule has 4 saturated carbocycles. The summed E-state index contributed by atoms with van der Waals surface area (Å²) in [6, 6.07) is 9.87. The molecule has 1 amide bonds. The van der Waals surface area contributed by atoms with Crippen molar-refractivity contribution in [1.29, 1.82) is 5.26 Å². The van der Waals surface area contributed by atoms with Gasteiger partial charge in [0.2, 0.25) is 5.91 Å². The van der Waals surface area contributed by atoms with Gasteiger partial charge in [0, 0.05) is 11.4 Å². The number of nitriles is 1. The number of hydrogen-bond donors (Lipinski definition) is 1. The fourth-order valence-electron chi connectivity index (χ4n) is 6.35. The summed E-state index contributed by atoms with van der Waals surface area (Å²) in [6.45, 7) is 1.48. The fraction of sp³-hybridized carbons (Fsp3) is 0.636. The van der Waals surface area contributed by atoms with E-state index in [1.165, 1.54) is 50.3 Å². The quantitative estimate of drug-likeness (QED) is 0.710. The minimum absolute atomic E-state index is 0.0345. The Labute approximate surface area is 166 Å². The highest BCUT2D eigenvalue weighted by atomic mass is 32.2. The topological polar surface area (TPSA) is 56.1 Å². The number of nitrogens with one attached hydrogen (secondary N) is 1. The molecule has 4 bridgehead atoms. The number of nitrogens with zero attached hydrogens (tertiary/aromatic N) is 2. The van der Waals surface area contributed by atoms with Crippen LogP contribution in [0, 0.1) is 34.5 Å².